The molecule has 0 bridgehead atoms. The molecule has 7 nitrogen and oxygen atoms in total. The number of imide groups is 1. The Morgan fingerprint density at radius 2 is 1.84 bits per heavy atom. The van der Waals surface area contributed by atoms with Gasteiger partial charge in [0.25, 0.3) is 11.8 Å². The summed E-state index contributed by atoms with van der Waals surface area (Å²) in [7, 11) is 0. The van der Waals surface area contributed by atoms with Crippen molar-refractivity contribution in [3.05, 3.63) is 57.9 Å². The lowest BCUT2D eigenvalue weighted by molar-refractivity contribution is -0.140. The fourth-order valence-corrected chi connectivity index (χ4v) is 5.61. The maximum atomic E-state index is 13.7. The molecule has 5 rings (SSSR count). The van der Waals surface area contributed by atoms with Gasteiger partial charge in [0.2, 0.25) is 0 Å². The third-order valence-electron chi connectivity index (χ3n) is 6.37. The van der Waals surface area contributed by atoms with E-state index in [-0.39, 0.29) is 23.9 Å². The minimum atomic E-state index is -0.336. The van der Waals surface area contributed by atoms with Crippen molar-refractivity contribution < 1.29 is 19.1 Å². The molecule has 166 valence electrons. The molecule has 0 saturated carbocycles. The SMILES string of the molecule is CCOC(=O)N1CCC(N2C(=O)C(c3cccs3)=C(N3CCc4ccccc43)C2=O)CC1. The molecular weight excluding hydrogens is 426 g/mol. The molecule has 0 radical (unpaired) electrons. The van der Waals surface area contributed by atoms with Crippen LogP contribution in [-0.2, 0) is 20.7 Å². The second-order valence-corrected chi connectivity index (χ2v) is 9.08. The van der Waals surface area contributed by atoms with Crippen LogP contribution < -0.4 is 4.90 Å². The molecule has 0 atom stereocenters. The van der Waals surface area contributed by atoms with Crippen LogP contribution in [0.4, 0.5) is 10.5 Å². The first kappa shape index (κ1) is 20.8. The van der Waals surface area contributed by atoms with Crippen molar-refractivity contribution in [2.45, 2.75) is 32.2 Å². The van der Waals surface area contributed by atoms with E-state index in [2.05, 4.69) is 6.07 Å². The van der Waals surface area contributed by atoms with Gasteiger partial charge in [-0.3, -0.25) is 14.5 Å². The predicted octanol–water partition coefficient (Wildman–Crippen LogP) is 3.51. The summed E-state index contributed by atoms with van der Waals surface area (Å²) in [6, 6.07) is 11.6. The molecular formula is C24H25N3O4S. The molecule has 0 spiro atoms. The van der Waals surface area contributed by atoms with Gasteiger partial charge in [-0.25, -0.2) is 4.79 Å². The molecule has 2 aromatic rings. The summed E-state index contributed by atoms with van der Waals surface area (Å²) in [4.78, 5) is 45.3. The Hall–Kier alpha value is -3.13. The van der Waals surface area contributed by atoms with Gasteiger partial charge in [0.05, 0.1) is 12.2 Å². The number of ether oxygens (including phenoxy) is 1. The molecule has 1 fully saturated rings. The highest BCUT2D eigenvalue weighted by Crippen LogP contribution is 2.41. The zero-order chi connectivity index (χ0) is 22.2. The number of fused-ring (bicyclic) bond motifs is 1. The third-order valence-corrected chi connectivity index (χ3v) is 7.26. The van der Waals surface area contributed by atoms with E-state index in [4.69, 9.17) is 4.74 Å². The number of hydrogen-bond donors (Lipinski definition) is 0. The van der Waals surface area contributed by atoms with E-state index in [1.807, 2.05) is 40.6 Å². The highest BCUT2D eigenvalue weighted by molar-refractivity contribution is 7.11. The average molecular weight is 452 g/mol. The topological polar surface area (TPSA) is 70.2 Å². The van der Waals surface area contributed by atoms with E-state index < -0.39 is 0 Å². The number of rotatable bonds is 4. The first-order valence-electron chi connectivity index (χ1n) is 11.0. The lowest BCUT2D eigenvalue weighted by Gasteiger charge is -2.35. The molecule has 1 aromatic carbocycles. The summed E-state index contributed by atoms with van der Waals surface area (Å²) in [5.41, 5.74) is 3.16. The molecule has 0 unspecified atom stereocenters. The Morgan fingerprint density at radius 3 is 2.56 bits per heavy atom. The van der Waals surface area contributed by atoms with Gasteiger partial charge in [-0.15, -0.1) is 11.3 Å². The number of piperidine rings is 1. The van der Waals surface area contributed by atoms with Crippen molar-refractivity contribution in [1.82, 2.24) is 9.80 Å². The number of hydrogen-bond acceptors (Lipinski definition) is 6. The van der Waals surface area contributed by atoms with Crippen molar-refractivity contribution >= 4 is 40.5 Å². The second kappa shape index (κ2) is 8.43. The fourth-order valence-electron chi connectivity index (χ4n) is 4.85. The van der Waals surface area contributed by atoms with Crippen molar-refractivity contribution in [2.24, 2.45) is 0 Å². The Labute approximate surface area is 190 Å². The van der Waals surface area contributed by atoms with Crippen molar-refractivity contribution in [3.63, 3.8) is 0 Å². The average Bonchev–Trinajstić information content (AvgIpc) is 3.52. The smallest absolute Gasteiger partial charge is 0.409 e. The monoisotopic (exact) mass is 451 g/mol. The van der Waals surface area contributed by atoms with Gasteiger partial charge in [-0.2, -0.15) is 0 Å². The molecule has 3 amide bonds. The minimum Gasteiger partial charge on any atom is -0.450 e. The zero-order valence-electron chi connectivity index (χ0n) is 18.0. The van der Waals surface area contributed by atoms with Gasteiger partial charge in [0.1, 0.15) is 5.70 Å². The molecule has 8 heteroatoms. The van der Waals surface area contributed by atoms with Gasteiger partial charge >= 0.3 is 6.09 Å². The summed E-state index contributed by atoms with van der Waals surface area (Å²) in [6.07, 6.45) is 1.61. The van der Waals surface area contributed by atoms with Crippen LogP contribution in [0.5, 0.6) is 0 Å². The molecule has 3 aliphatic rings. The summed E-state index contributed by atoms with van der Waals surface area (Å²) in [5, 5.41) is 1.93. The Balaban J connectivity index is 1.45. The summed E-state index contributed by atoms with van der Waals surface area (Å²) >= 11 is 1.47. The van der Waals surface area contributed by atoms with Crippen LogP contribution in [0.3, 0.4) is 0 Å². The first-order chi connectivity index (χ1) is 15.6. The number of anilines is 1. The van der Waals surface area contributed by atoms with Crippen LogP contribution in [0.1, 0.15) is 30.2 Å². The van der Waals surface area contributed by atoms with Crippen LogP contribution in [0.25, 0.3) is 5.57 Å². The first-order valence-corrected chi connectivity index (χ1v) is 11.9. The largest absolute Gasteiger partial charge is 0.450 e. The van der Waals surface area contributed by atoms with Crippen LogP contribution >= 0.6 is 11.3 Å². The van der Waals surface area contributed by atoms with E-state index in [9.17, 15) is 14.4 Å². The van der Waals surface area contributed by atoms with Crippen LogP contribution in [0, 0.1) is 0 Å². The van der Waals surface area contributed by atoms with E-state index in [0.717, 1.165) is 17.0 Å². The van der Waals surface area contributed by atoms with Gasteiger partial charge in [0, 0.05) is 36.2 Å². The van der Waals surface area contributed by atoms with Crippen LogP contribution in [0.2, 0.25) is 0 Å². The lowest BCUT2D eigenvalue weighted by Crippen LogP contribution is -2.49. The standard InChI is InChI=1S/C24H25N3O4S/c1-2-31-24(30)25-12-10-17(11-13-25)27-22(28)20(19-8-5-15-32-19)21(23(27)29)26-14-9-16-6-3-4-7-18(16)26/h3-8,15,17H,2,9-14H2,1H3. The van der Waals surface area contributed by atoms with Crippen molar-refractivity contribution in [2.75, 3.05) is 31.1 Å². The molecule has 0 N–H and O–H groups in total. The number of thiophene rings is 1. The predicted molar refractivity (Wildman–Crippen MR) is 122 cm³/mol. The second-order valence-electron chi connectivity index (χ2n) is 8.13. The minimum absolute atomic E-state index is 0.230. The zero-order valence-corrected chi connectivity index (χ0v) is 18.8. The molecule has 1 saturated heterocycles. The van der Waals surface area contributed by atoms with E-state index in [1.54, 1.807) is 11.8 Å². The number of para-hydroxylation sites is 1. The molecule has 32 heavy (non-hydrogen) atoms. The van der Waals surface area contributed by atoms with Crippen molar-refractivity contribution in [3.8, 4) is 0 Å². The Morgan fingerprint density at radius 1 is 1.06 bits per heavy atom. The molecule has 0 aliphatic carbocycles. The number of likely N-dealkylation sites (tertiary alicyclic amines) is 1. The quantitative estimate of drug-likeness (QED) is 0.666. The summed E-state index contributed by atoms with van der Waals surface area (Å²) < 4.78 is 5.09. The highest BCUT2D eigenvalue weighted by atomic mass is 32.1. The number of carbonyl (C=O) groups excluding carboxylic acids is 3. The maximum absolute atomic E-state index is 13.7. The molecule has 3 aliphatic heterocycles. The maximum Gasteiger partial charge on any atom is 0.409 e. The van der Waals surface area contributed by atoms with Gasteiger partial charge in [-0.1, -0.05) is 24.3 Å². The number of benzene rings is 1. The number of amides is 3. The Kier molecular flexibility index (Phi) is 5.46. The summed E-state index contributed by atoms with van der Waals surface area (Å²) in [6.45, 7) is 3.73. The van der Waals surface area contributed by atoms with Crippen LogP contribution in [-0.4, -0.2) is 60.0 Å². The highest BCUT2D eigenvalue weighted by Gasteiger charge is 2.47. The third kappa shape index (κ3) is 3.39. The normalized spacial score (nSPS) is 19.2. The number of nitrogens with zero attached hydrogens (tertiary/aromatic N) is 3. The van der Waals surface area contributed by atoms with E-state index >= 15 is 0 Å². The van der Waals surface area contributed by atoms with Crippen LogP contribution in [0.15, 0.2) is 47.5 Å². The molecule has 1 aromatic heterocycles. The van der Waals surface area contributed by atoms with E-state index in [0.29, 0.717) is 50.4 Å². The van der Waals surface area contributed by atoms with Gasteiger partial charge < -0.3 is 14.5 Å². The Bertz CT molecular complexity index is 1090. The summed E-state index contributed by atoms with van der Waals surface area (Å²) in [5.74, 6) is -0.462. The van der Waals surface area contributed by atoms with Gasteiger partial charge in [0.15, 0.2) is 0 Å². The molecule has 4 heterocycles. The number of carbonyl (C=O) groups is 3. The van der Waals surface area contributed by atoms with Gasteiger partial charge in [-0.05, 0) is 49.3 Å². The lowest BCUT2D eigenvalue weighted by atomic mass is 10.0. The van der Waals surface area contributed by atoms with Crippen molar-refractivity contribution in [1.29, 1.82) is 0 Å². The van der Waals surface area contributed by atoms with E-state index in [1.165, 1.54) is 21.8 Å². The fraction of sp³-hybridized carbons (Fsp3) is 0.375.